The SMILES string of the molecule is CCCCC1COC(CCc2ccc3c(F)c(CCc4ccc(C(F)(F)F)cc4)ccc3c2)OC1. The molecule has 0 atom stereocenters. The van der Waals surface area contributed by atoms with E-state index >= 15 is 4.39 Å². The fourth-order valence-electron chi connectivity index (χ4n) is 4.57. The van der Waals surface area contributed by atoms with Gasteiger partial charge in [0.2, 0.25) is 0 Å². The Balaban J connectivity index is 1.33. The molecule has 0 saturated carbocycles. The van der Waals surface area contributed by atoms with E-state index in [1.54, 1.807) is 6.07 Å². The highest BCUT2D eigenvalue weighted by Crippen LogP contribution is 2.30. The largest absolute Gasteiger partial charge is 0.416 e. The van der Waals surface area contributed by atoms with Gasteiger partial charge in [0.15, 0.2) is 6.29 Å². The van der Waals surface area contributed by atoms with E-state index in [0.717, 1.165) is 61.1 Å². The zero-order chi connectivity index (χ0) is 24.8. The number of fused-ring (bicyclic) bond motifs is 1. The second kappa shape index (κ2) is 11.5. The van der Waals surface area contributed by atoms with Gasteiger partial charge in [0, 0.05) is 17.7 Å². The van der Waals surface area contributed by atoms with Crippen molar-refractivity contribution in [2.75, 3.05) is 13.2 Å². The molecule has 0 N–H and O–H groups in total. The molecule has 0 bridgehead atoms. The second-order valence-electron chi connectivity index (χ2n) is 9.43. The molecule has 0 unspecified atom stereocenters. The molecule has 1 aliphatic heterocycles. The first-order valence-corrected chi connectivity index (χ1v) is 12.4. The Hall–Kier alpha value is -2.44. The van der Waals surface area contributed by atoms with E-state index in [9.17, 15) is 13.2 Å². The van der Waals surface area contributed by atoms with Crippen LogP contribution in [0.15, 0.2) is 54.6 Å². The summed E-state index contributed by atoms with van der Waals surface area (Å²) in [6.07, 6.45) is 1.44. The van der Waals surface area contributed by atoms with Gasteiger partial charge in [-0.25, -0.2) is 4.39 Å². The summed E-state index contributed by atoms with van der Waals surface area (Å²) in [4.78, 5) is 0. The molecule has 1 heterocycles. The first-order chi connectivity index (χ1) is 16.8. The van der Waals surface area contributed by atoms with E-state index in [0.29, 0.717) is 29.7 Å². The van der Waals surface area contributed by atoms with Crippen molar-refractivity contribution in [2.24, 2.45) is 5.92 Å². The lowest BCUT2D eigenvalue weighted by atomic mass is 9.97. The minimum atomic E-state index is -4.35. The molecule has 35 heavy (non-hydrogen) atoms. The van der Waals surface area contributed by atoms with Gasteiger partial charge >= 0.3 is 6.18 Å². The zero-order valence-electron chi connectivity index (χ0n) is 20.0. The molecular formula is C29H32F4O2. The summed E-state index contributed by atoms with van der Waals surface area (Å²) in [5.41, 5.74) is 1.74. The topological polar surface area (TPSA) is 18.5 Å². The van der Waals surface area contributed by atoms with Crippen LogP contribution in [0.3, 0.4) is 0 Å². The van der Waals surface area contributed by atoms with Crippen LogP contribution in [-0.2, 0) is 34.9 Å². The Morgan fingerprint density at radius 2 is 1.54 bits per heavy atom. The molecule has 1 saturated heterocycles. The van der Waals surface area contributed by atoms with E-state index in [4.69, 9.17) is 9.47 Å². The number of rotatable bonds is 9. The normalized spacial score (nSPS) is 18.8. The number of aryl methyl sites for hydroxylation is 3. The van der Waals surface area contributed by atoms with Crippen LogP contribution in [0.4, 0.5) is 17.6 Å². The Labute approximate surface area is 204 Å². The maximum atomic E-state index is 15.1. The maximum Gasteiger partial charge on any atom is 0.416 e. The van der Waals surface area contributed by atoms with Gasteiger partial charge < -0.3 is 9.47 Å². The van der Waals surface area contributed by atoms with Gasteiger partial charge in [-0.1, -0.05) is 62.2 Å². The smallest absolute Gasteiger partial charge is 0.352 e. The first-order valence-electron chi connectivity index (χ1n) is 12.4. The van der Waals surface area contributed by atoms with Crippen LogP contribution in [0.1, 0.15) is 54.9 Å². The van der Waals surface area contributed by atoms with Crippen LogP contribution in [0.25, 0.3) is 10.8 Å². The molecule has 2 nitrogen and oxygen atoms in total. The van der Waals surface area contributed by atoms with Crippen LogP contribution in [-0.4, -0.2) is 19.5 Å². The zero-order valence-corrected chi connectivity index (χ0v) is 20.0. The monoisotopic (exact) mass is 488 g/mol. The lowest BCUT2D eigenvalue weighted by Gasteiger charge is -2.29. The Morgan fingerprint density at radius 1 is 0.829 bits per heavy atom. The predicted octanol–water partition coefficient (Wildman–Crippen LogP) is 7.89. The number of unbranched alkanes of at least 4 members (excludes halogenated alkanes) is 1. The fourth-order valence-corrected chi connectivity index (χ4v) is 4.57. The van der Waals surface area contributed by atoms with Gasteiger partial charge in [0.05, 0.1) is 18.8 Å². The Bertz CT molecular complexity index is 1100. The average molecular weight is 489 g/mol. The Morgan fingerprint density at radius 3 is 2.23 bits per heavy atom. The van der Waals surface area contributed by atoms with Crippen molar-refractivity contribution in [3.63, 3.8) is 0 Å². The number of benzene rings is 3. The van der Waals surface area contributed by atoms with E-state index in [2.05, 4.69) is 6.92 Å². The minimum absolute atomic E-state index is 0.187. The summed E-state index contributed by atoms with van der Waals surface area (Å²) < 4.78 is 65.1. The van der Waals surface area contributed by atoms with Crippen LogP contribution in [0.5, 0.6) is 0 Å². The van der Waals surface area contributed by atoms with Crippen molar-refractivity contribution < 1.29 is 27.0 Å². The number of hydrogen-bond donors (Lipinski definition) is 0. The highest BCUT2D eigenvalue weighted by molar-refractivity contribution is 5.84. The first kappa shape index (κ1) is 25.6. The molecule has 0 radical (unpaired) electrons. The molecule has 1 fully saturated rings. The summed E-state index contributed by atoms with van der Waals surface area (Å²) >= 11 is 0. The van der Waals surface area contributed by atoms with Crippen molar-refractivity contribution in [1.29, 1.82) is 0 Å². The molecular weight excluding hydrogens is 456 g/mol. The molecule has 3 aromatic carbocycles. The summed E-state index contributed by atoms with van der Waals surface area (Å²) in [5.74, 6) is 0.223. The molecule has 0 aliphatic carbocycles. The van der Waals surface area contributed by atoms with Crippen LogP contribution in [0, 0.1) is 11.7 Å². The molecule has 1 aliphatic rings. The van der Waals surface area contributed by atoms with Crippen molar-refractivity contribution in [2.45, 2.75) is 64.3 Å². The number of hydrogen-bond acceptors (Lipinski definition) is 2. The molecule has 6 heteroatoms. The Kier molecular flexibility index (Phi) is 8.45. The standard InChI is InChI=1S/C29H32F4O2/c1-2-3-4-22-18-34-27(35-19-22)16-9-21-8-15-26-24(17-21)12-11-23(28(26)30)10-5-20-6-13-25(14-7-20)29(31,32)33/h6-8,11-15,17,22,27H,2-5,9-10,16,18-19H2,1H3. The third-order valence-electron chi connectivity index (χ3n) is 6.73. The molecule has 0 aromatic heterocycles. The van der Waals surface area contributed by atoms with Gasteiger partial charge in [-0.3, -0.25) is 0 Å². The highest BCUT2D eigenvalue weighted by Gasteiger charge is 2.29. The highest BCUT2D eigenvalue weighted by atomic mass is 19.4. The lowest BCUT2D eigenvalue weighted by molar-refractivity contribution is -0.203. The molecule has 4 rings (SSSR count). The van der Waals surface area contributed by atoms with Crippen molar-refractivity contribution >= 4 is 10.8 Å². The van der Waals surface area contributed by atoms with Crippen molar-refractivity contribution in [3.05, 3.63) is 82.7 Å². The summed E-state index contributed by atoms with van der Waals surface area (Å²) in [6.45, 7) is 3.69. The number of ether oxygens (including phenoxy) is 2. The van der Waals surface area contributed by atoms with Gasteiger partial charge in [-0.2, -0.15) is 13.2 Å². The van der Waals surface area contributed by atoms with Crippen molar-refractivity contribution in [1.82, 2.24) is 0 Å². The predicted molar refractivity (Wildman–Crippen MR) is 130 cm³/mol. The fraction of sp³-hybridized carbons (Fsp3) is 0.448. The quantitative estimate of drug-likeness (QED) is 0.285. The third kappa shape index (κ3) is 6.83. The minimum Gasteiger partial charge on any atom is -0.352 e. The van der Waals surface area contributed by atoms with Crippen LogP contribution >= 0.6 is 0 Å². The number of alkyl halides is 3. The van der Waals surface area contributed by atoms with Gasteiger partial charge in [-0.15, -0.1) is 0 Å². The van der Waals surface area contributed by atoms with Gasteiger partial charge in [-0.05, 0) is 59.9 Å². The third-order valence-corrected chi connectivity index (χ3v) is 6.73. The molecule has 188 valence electrons. The second-order valence-corrected chi connectivity index (χ2v) is 9.43. The summed E-state index contributed by atoms with van der Waals surface area (Å²) in [6, 6.07) is 14.5. The van der Waals surface area contributed by atoms with Crippen molar-refractivity contribution in [3.8, 4) is 0 Å². The van der Waals surface area contributed by atoms with Gasteiger partial charge in [0.25, 0.3) is 0 Å². The maximum absolute atomic E-state index is 15.1. The lowest BCUT2D eigenvalue weighted by Crippen LogP contribution is -2.32. The molecule has 0 spiro atoms. The van der Waals surface area contributed by atoms with Crippen LogP contribution < -0.4 is 0 Å². The van der Waals surface area contributed by atoms with E-state index < -0.39 is 11.7 Å². The molecule has 3 aromatic rings. The van der Waals surface area contributed by atoms with E-state index in [-0.39, 0.29) is 12.1 Å². The van der Waals surface area contributed by atoms with E-state index in [1.165, 1.54) is 25.0 Å². The molecule has 0 amide bonds. The van der Waals surface area contributed by atoms with E-state index in [1.807, 2.05) is 24.3 Å². The summed E-state index contributed by atoms with van der Waals surface area (Å²) in [5, 5.41) is 1.39. The number of halogens is 4. The summed E-state index contributed by atoms with van der Waals surface area (Å²) in [7, 11) is 0. The van der Waals surface area contributed by atoms with Gasteiger partial charge in [0.1, 0.15) is 5.82 Å². The average Bonchev–Trinajstić information content (AvgIpc) is 2.86. The van der Waals surface area contributed by atoms with Crippen LogP contribution in [0.2, 0.25) is 0 Å².